The molecule has 200 valence electrons. The van der Waals surface area contributed by atoms with Gasteiger partial charge in [0.1, 0.15) is 12.2 Å². The molecule has 6 unspecified atom stereocenters. The van der Waals surface area contributed by atoms with Crippen molar-refractivity contribution < 1.29 is 39.5 Å². The Kier molecular flexibility index (Phi) is 9.73. The van der Waals surface area contributed by atoms with Gasteiger partial charge in [0.2, 0.25) is 0 Å². The van der Waals surface area contributed by atoms with Crippen LogP contribution in [-0.4, -0.2) is 69.0 Å². The number of aliphatic hydroxyl groups is 4. The fraction of sp³-hybridized carbons (Fsp3) is 0.778. The van der Waals surface area contributed by atoms with Crippen LogP contribution in [0.1, 0.15) is 81.1 Å². The third kappa shape index (κ3) is 6.73. The Morgan fingerprint density at radius 3 is 1.11 bits per heavy atom. The molecule has 4 N–H and O–H groups in total. The fourth-order valence-electron chi connectivity index (χ4n) is 5.66. The maximum absolute atomic E-state index is 12.3. The second-order valence-electron chi connectivity index (χ2n) is 11.2. The van der Waals surface area contributed by atoms with Gasteiger partial charge in [-0.15, -0.1) is 0 Å². The monoisotopic (exact) mass is 496 g/mol. The molecule has 0 aliphatic heterocycles. The van der Waals surface area contributed by atoms with Gasteiger partial charge in [0.05, 0.1) is 24.4 Å². The van der Waals surface area contributed by atoms with Gasteiger partial charge in [0.25, 0.3) is 0 Å². The van der Waals surface area contributed by atoms with Gasteiger partial charge in [-0.05, 0) is 86.5 Å². The van der Waals surface area contributed by atoms with Crippen LogP contribution in [0.3, 0.4) is 0 Å². The van der Waals surface area contributed by atoms with Crippen molar-refractivity contribution in [2.75, 3.05) is 0 Å². The standard InChI is InChI=1S/C27H44O8/c1-13(2)15(5)25(32)34-17(7)23-19(28)9-27(10-20(23)29)11-21(30)24(22(31)12-27)18(8)35-26(33)16(6)14(3)4/h17-24,28-31H,9-12H2,1-8H3. The normalized spacial score (nSPS) is 34.5. The van der Waals surface area contributed by atoms with Crippen LogP contribution in [0, 0.1) is 17.3 Å². The summed E-state index contributed by atoms with van der Waals surface area (Å²) in [5.74, 6) is -2.30. The van der Waals surface area contributed by atoms with Crippen molar-refractivity contribution >= 4 is 11.9 Å². The van der Waals surface area contributed by atoms with Crippen molar-refractivity contribution in [3.05, 3.63) is 22.3 Å². The van der Waals surface area contributed by atoms with E-state index >= 15 is 0 Å². The van der Waals surface area contributed by atoms with Gasteiger partial charge in [0.15, 0.2) is 0 Å². The van der Waals surface area contributed by atoms with Crippen LogP contribution >= 0.6 is 0 Å². The molecule has 0 bridgehead atoms. The second-order valence-corrected chi connectivity index (χ2v) is 11.2. The van der Waals surface area contributed by atoms with Crippen LogP contribution in [-0.2, 0) is 19.1 Å². The van der Waals surface area contributed by atoms with Crippen LogP contribution in [0.4, 0.5) is 0 Å². The first kappa shape index (κ1) is 29.5. The van der Waals surface area contributed by atoms with E-state index in [1.807, 2.05) is 27.7 Å². The summed E-state index contributed by atoms with van der Waals surface area (Å²) in [4.78, 5) is 24.7. The zero-order chi connectivity index (χ0) is 26.8. The third-order valence-corrected chi connectivity index (χ3v) is 8.13. The van der Waals surface area contributed by atoms with Crippen molar-refractivity contribution in [2.45, 2.75) is 118 Å². The van der Waals surface area contributed by atoms with E-state index < -0.39 is 65.8 Å². The predicted octanol–water partition coefficient (Wildman–Crippen LogP) is 2.81. The number of carbonyl (C=O) groups is 2. The Morgan fingerprint density at radius 2 is 0.886 bits per heavy atom. The molecule has 1 spiro atoms. The molecule has 2 rings (SSSR count). The average Bonchev–Trinajstić information content (AvgIpc) is 2.70. The van der Waals surface area contributed by atoms with Crippen LogP contribution in [0.5, 0.6) is 0 Å². The Morgan fingerprint density at radius 1 is 0.629 bits per heavy atom. The van der Waals surface area contributed by atoms with E-state index in [0.717, 1.165) is 11.1 Å². The van der Waals surface area contributed by atoms with Crippen molar-refractivity contribution in [3.8, 4) is 0 Å². The lowest BCUT2D eigenvalue weighted by Crippen LogP contribution is -2.57. The first-order valence-electron chi connectivity index (χ1n) is 12.5. The molecule has 8 heteroatoms. The summed E-state index contributed by atoms with van der Waals surface area (Å²) in [6.45, 7) is 13.9. The molecule has 0 aromatic carbocycles. The minimum atomic E-state index is -0.972. The molecule has 2 saturated carbocycles. The maximum atomic E-state index is 12.3. The number of aliphatic hydroxyl groups excluding tert-OH is 4. The van der Waals surface area contributed by atoms with Crippen molar-refractivity contribution in [3.63, 3.8) is 0 Å². The Balaban J connectivity index is 2.09. The first-order chi connectivity index (χ1) is 16.1. The Labute approximate surface area is 209 Å². The van der Waals surface area contributed by atoms with Gasteiger partial charge in [-0.2, -0.15) is 0 Å². The lowest BCUT2D eigenvalue weighted by Gasteiger charge is -2.53. The molecule has 2 fully saturated rings. The number of hydrogen-bond acceptors (Lipinski definition) is 8. The van der Waals surface area contributed by atoms with Crippen LogP contribution in [0.15, 0.2) is 22.3 Å². The van der Waals surface area contributed by atoms with E-state index in [2.05, 4.69) is 0 Å². The van der Waals surface area contributed by atoms with Gasteiger partial charge in [-0.3, -0.25) is 0 Å². The summed E-state index contributed by atoms with van der Waals surface area (Å²) >= 11 is 0. The summed E-state index contributed by atoms with van der Waals surface area (Å²) in [6, 6.07) is 0. The second kappa shape index (κ2) is 11.5. The maximum Gasteiger partial charge on any atom is 0.333 e. The summed E-state index contributed by atoms with van der Waals surface area (Å²) in [5.41, 5.74) is 1.98. The zero-order valence-corrected chi connectivity index (χ0v) is 22.4. The molecule has 2 aliphatic carbocycles. The Hall–Kier alpha value is -1.74. The molecule has 8 nitrogen and oxygen atoms in total. The number of hydrogen-bond donors (Lipinski definition) is 4. The van der Waals surface area contributed by atoms with E-state index in [-0.39, 0.29) is 25.7 Å². The quantitative estimate of drug-likeness (QED) is 0.326. The molecule has 6 atom stereocenters. The lowest BCUT2D eigenvalue weighted by atomic mass is 9.57. The van der Waals surface area contributed by atoms with Gasteiger partial charge < -0.3 is 29.9 Å². The van der Waals surface area contributed by atoms with Crippen LogP contribution < -0.4 is 0 Å². The number of rotatable bonds is 6. The largest absolute Gasteiger partial charge is 0.459 e. The average molecular weight is 497 g/mol. The van der Waals surface area contributed by atoms with Gasteiger partial charge in [0, 0.05) is 23.0 Å². The van der Waals surface area contributed by atoms with E-state index in [1.54, 1.807) is 27.7 Å². The highest BCUT2D eigenvalue weighted by Crippen LogP contribution is 2.51. The molecule has 0 aromatic rings. The molecule has 0 saturated heterocycles. The molecular weight excluding hydrogens is 452 g/mol. The molecule has 2 aliphatic rings. The van der Waals surface area contributed by atoms with E-state index in [0.29, 0.717) is 11.1 Å². The fourth-order valence-corrected chi connectivity index (χ4v) is 5.66. The molecule has 0 heterocycles. The number of ether oxygens (including phenoxy) is 2. The van der Waals surface area contributed by atoms with Gasteiger partial charge in [-0.25, -0.2) is 9.59 Å². The summed E-state index contributed by atoms with van der Waals surface area (Å²) < 4.78 is 11.1. The molecular formula is C27H44O8. The summed E-state index contributed by atoms with van der Waals surface area (Å²) in [7, 11) is 0. The number of allylic oxidation sites excluding steroid dienone is 2. The molecule has 0 radical (unpaired) electrons. The van der Waals surface area contributed by atoms with Gasteiger partial charge in [-0.1, -0.05) is 11.1 Å². The highest BCUT2D eigenvalue weighted by atomic mass is 16.5. The minimum absolute atomic E-state index is 0.254. The topological polar surface area (TPSA) is 134 Å². The van der Waals surface area contributed by atoms with Crippen molar-refractivity contribution in [1.29, 1.82) is 0 Å². The molecule has 35 heavy (non-hydrogen) atoms. The minimum Gasteiger partial charge on any atom is -0.459 e. The third-order valence-electron chi connectivity index (χ3n) is 8.13. The van der Waals surface area contributed by atoms with Crippen LogP contribution in [0.25, 0.3) is 0 Å². The zero-order valence-electron chi connectivity index (χ0n) is 22.4. The smallest absolute Gasteiger partial charge is 0.333 e. The highest BCUT2D eigenvalue weighted by Gasteiger charge is 2.54. The van der Waals surface area contributed by atoms with Crippen molar-refractivity contribution in [1.82, 2.24) is 0 Å². The van der Waals surface area contributed by atoms with E-state index in [9.17, 15) is 30.0 Å². The van der Waals surface area contributed by atoms with Gasteiger partial charge >= 0.3 is 11.9 Å². The predicted molar refractivity (Wildman–Crippen MR) is 131 cm³/mol. The van der Waals surface area contributed by atoms with E-state index in [4.69, 9.17) is 9.47 Å². The van der Waals surface area contributed by atoms with Crippen molar-refractivity contribution in [2.24, 2.45) is 17.3 Å². The Bertz CT molecular complexity index is 754. The molecule has 0 aromatic heterocycles. The lowest BCUT2D eigenvalue weighted by molar-refractivity contribution is -0.184. The van der Waals surface area contributed by atoms with Crippen LogP contribution in [0.2, 0.25) is 0 Å². The molecule has 0 amide bonds. The highest BCUT2D eigenvalue weighted by molar-refractivity contribution is 5.89. The first-order valence-corrected chi connectivity index (χ1v) is 12.5. The number of esters is 2. The summed E-state index contributed by atoms with van der Waals surface area (Å²) in [6.07, 6.45) is -4.28. The SMILES string of the molecule is CC(C)=C(C)C(=O)OC(C)C1C(O)CC2(CC1O)CC(O)C(C(C)OC(=O)C(C)=C(C)C)C(O)C2. The summed E-state index contributed by atoms with van der Waals surface area (Å²) in [5, 5.41) is 43.9. The van der Waals surface area contributed by atoms with E-state index in [1.165, 1.54) is 0 Å². The number of carbonyl (C=O) groups excluding carboxylic acids is 2.